The molecule has 2 saturated heterocycles. The van der Waals surface area contributed by atoms with E-state index >= 15 is 0 Å². The number of hydrogen-bond acceptors (Lipinski definition) is 6. The number of aliphatic hydroxyl groups excluding tert-OH is 1. The first-order chi connectivity index (χ1) is 24.7. The first kappa shape index (κ1) is 36.2. The minimum absolute atomic E-state index is 0.0501. The summed E-state index contributed by atoms with van der Waals surface area (Å²) < 4.78 is 52.3. The number of carbonyl (C=O) groups excluding carboxylic acids is 2. The Labute approximate surface area is 295 Å². The molecular weight excluding hydrogens is 659 g/mol. The molecule has 2 fully saturated rings. The second-order valence-electron chi connectivity index (χ2n) is 13.1. The van der Waals surface area contributed by atoms with E-state index in [2.05, 4.69) is 34.5 Å². The molecule has 0 aromatic heterocycles. The van der Waals surface area contributed by atoms with Crippen molar-refractivity contribution in [3.63, 3.8) is 0 Å². The van der Waals surface area contributed by atoms with Crippen LogP contribution in [0.4, 0.5) is 13.2 Å². The highest BCUT2D eigenvalue weighted by Crippen LogP contribution is 2.38. The van der Waals surface area contributed by atoms with Crippen molar-refractivity contribution in [2.45, 2.75) is 76.2 Å². The molecule has 0 aliphatic carbocycles. The maximum Gasteiger partial charge on any atom is 0.471 e. The molecule has 6 rings (SSSR count). The minimum atomic E-state index is -5.02. The highest BCUT2D eigenvalue weighted by atomic mass is 19.4. The molecule has 2 N–H and O–H groups in total. The molecule has 2 amide bonds. The number of benzene rings is 4. The molecule has 0 saturated carbocycles. The Bertz CT molecular complexity index is 1680. The molecule has 268 valence electrons. The number of carbonyl (C=O) groups is 2. The minimum Gasteiger partial charge on any atom is -0.392 e. The van der Waals surface area contributed by atoms with Gasteiger partial charge in [-0.3, -0.25) is 14.5 Å². The number of ether oxygens (including phenoxy) is 2. The van der Waals surface area contributed by atoms with Gasteiger partial charge in [0.2, 0.25) is 5.91 Å². The summed E-state index contributed by atoms with van der Waals surface area (Å²) in [5, 5.41) is 12.3. The van der Waals surface area contributed by atoms with E-state index in [1.54, 1.807) is 0 Å². The predicted octanol–water partition coefficient (Wildman–Crippen LogP) is 6.60. The number of halogens is 3. The fraction of sp³-hybridized carbons (Fsp3) is 0.350. The van der Waals surface area contributed by atoms with Crippen molar-refractivity contribution in [1.29, 1.82) is 0 Å². The number of amides is 2. The first-order valence-electron chi connectivity index (χ1n) is 17.2. The van der Waals surface area contributed by atoms with E-state index in [9.17, 15) is 27.9 Å². The highest BCUT2D eigenvalue weighted by molar-refractivity contribution is 5.90. The molecule has 8 nitrogen and oxygen atoms in total. The lowest BCUT2D eigenvalue weighted by molar-refractivity contribution is -0.253. The van der Waals surface area contributed by atoms with Crippen LogP contribution in [0.25, 0.3) is 0 Å². The summed E-state index contributed by atoms with van der Waals surface area (Å²) in [6, 6.07) is 34.6. The summed E-state index contributed by atoms with van der Waals surface area (Å²) in [7, 11) is 0. The van der Waals surface area contributed by atoms with Gasteiger partial charge in [0.1, 0.15) is 6.04 Å². The van der Waals surface area contributed by atoms with Gasteiger partial charge < -0.3 is 24.8 Å². The molecule has 0 bridgehead atoms. The Morgan fingerprint density at radius 1 is 0.784 bits per heavy atom. The van der Waals surface area contributed by atoms with Crippen LogP contribution in [0.2, 0.25) is 0 Å². The van der Waals surface area contributed by atoms with Crippen molar-refractivity contribution < 1.29 is 37.3 Å². The lowest BCUT2D eigenvalue weighted by atomic mass is 9.99. The molecule has 4 atom stereocenters. The Hall–Kier alpha value is -4.55. The maximum absolute atomic E-state index is 13.0. The number of nitrogens with zero attached hydrogens (tertiary/aromatic N) is 2. The van der Waals surface area contributed by atoms with Gasteiger partial charge in [-0.2, -0.15) is 13.2 Å². The number of aliphatic hydroxyl groups is 1. The summed E-state index contributed by atoms with van der Waals surface area (Å²) in [6.45, 7) is 2.06. The van der Waals surface area contributed by atoms with Gasteiger partial charge in [-0.05, 0) is 40.7 Å². The maximum atomic E-state index is 13.0. The molecule has 4 aromatic rings. The number of hydrogen-bond donors (Lipinski definition) is 2. The van der Waals surface area contributed by atoms with Crippen LogP contribution in [-0.2, 0) is 45.3 Å². The first-order valence-corrected chi connectivity index (χ1v) is 17.2. The number of likely N-dealkylation sites (tertiary alicyclic amines) is 1. The Morgan fingerprint density at radius 3 is 1.96 bits per heavy atom. The third-order valence-electron chi connectivity index (χ3n) is 9.35. The van der Waals surface area contributed by atoms with Crippen LogP contribution < -0.4 is 5.32 Å². The molecule has 0 radical (unpaired) electrons. The van der Waals surface area contributed by atoms with Gasteiger partial charge in [-0.25, -0.2) is 0 Å². The van der Waals surface area contributed by atoms with Gasteiger partial charge in [0.15, 0.2) is 6.29 Å². The second kappa shape index (κ2) is 16.6. The van der Waals surface area contributed by atoms with E-state index in [0.717, 1.165) is 35.3 Å². The normalized spacial score (nSPS) is 20.8. The van der Waals surface area contributed by atoms with E-state index in [1.165, 1.54) is 11.1 Å². The summed E-state index contributed by atoms with van der Waals surface area (Å²) in [6.07, 6.45) is -5.04. The van der Waals surface area contributed by atoms with Crippen LogP contribution in [0.15, 0.2) is 109 Å². The highest BCUT2D eigenvalue weighted by Gasteiger charge is 2.47. The molecule has 2 heterocycles. The quantitative estimate of drug-likeness (QED) is 0.173. The Balaban J connectivity index is 1.16. The lowest BCUT2D eigenvalue weighted by Gasteiger charge is -2.38. The van der Waals surface area contributed by atoms with E-state index in [1.807, 2.05) is 84.9 Å². The van der Waals surface area contributed by atoms with Crippen molar-refractivity contribution in [2.75, 3.05) is 13.1 Å². The van der Waals surface area contributed by atoms with Crippen LogP contribution in [0.3, 0.4) is 0 Å². The van der Waals surface area contributed by atoms with E-state index in [4.69, 9.17) is 9.47 Å². The summed E-state index contributed by atoms with van der Waals surface area (Å²) in [5.74, 6) is -2.59. The van der Waals surface area contributed by atoms with Crippen molar-refractivity contribution >= 4 is 11.8 Å². The van der Waals surface area contributed by atoms with E-state index < -0.39 is 30.3 Å². The zero-order chi connectivity index (χ0) is 35.8. The average Bonchev–Trinajstić information content (AvgIpc) is 3.64. The van der Waals surface area contributed by atoms with E-state index in [-0.39, 0.29) is 38.3 Å². The van der Waals surface area contributed by atoms with Crippen molar-refractivity contribution in [3.05, 3.63) is 143 Å². The van der Waals surface area contributed by atoms with Crippen LogP contribution in [0, 0.1) is 0 Å². The molecular formula is C40H42F3N3O5. The average molecular weight is 702 g/mol. The standard InChI is InChI=1S/C40H42F3N3O5/c41-40(42,43)39(49)46-21-7-12-35(46)37(48)44-23-28-13-19-33(20-14-28)38-50-34(22-36(51-38)32-17-15-31(27-47)16-18-32)26-45(24-29-8-3-1-4-9-29)25-30-10-5-2-6-11-30/h1-6,8-11,13-20,34-36,38,47H,7,12,21-27H2,(H,44,48)/t34-,35+,36+,38+/m1/s1. The fourth-order valence-electron chi connectivity index (χ4n) is 6.73. The number of alkyl halides is 3. The zero-order valence-corrected chi connectivity index (χ0v) is 28.2. The molecule has 4 aromatic carbocycles. The van der Waals surface area contributed by atoms with Crippen LogP contribution >= 0.6 is 0 Å². The largest absolute Gasteiger partial charge is 0.471 e. The fourth-order valence-corrected chi connectivity index (χ4v) is 6.73. The van der Waals surface area contributed by atoms with E-state index in [0.29, 0.717) is 24.3 Å². The molecule has 51 heavy (non-hydrogen) atoms. The molecule has 2 aliphatic heterocycles. The SMILES string of the molecule is O=C(NCc1ccc([C@H]2O[C@@H](CN(Cc3ccccc3)Cc3ccccc3)C[C@@H](c3ccc(CO)cc3)O2)cc1)[C@@H]1CCCN1C(=O)C(F)(F)F. The van der Waals surface area contributed by atoms with Gasteiger partial charge >= 0.3 is 12.1 Å². The van der Waals surface area contributed by atoms with Gasteiger partial charge in [0.25, 0.3) is 0 Å². The van der Waals surface area contributed by atoms with Crippen molar-refractivity contribution in [2.24, 2.45) is 0 Å². The van der Waals surface area contributed by atoms with Crippen LogP contribution in [0.5, 0.6) is 0 Å². The Kier molecular flexibility index (Phi) is 11.8. The molecule has 2 aliphatic rings. The summed E-state index contributed by atoms with van der Waals surface area (Å²) in [5.41, 5.74) is 5.70. The monoisotopic (exact) mass is 701 g/mol. The van der Waals surface area contributed by atoms with Gasteiger partial charge in [-0.15, -0.1) is 0 Å². The molecule has 11 heteroatoms. The van der Waals surface area contributed by atoms with Gasteiger partial charge in [0, 0.05) is 44.7 Å². The second-order valence-corrected chi connectivity index (χ2v) is 13.1. The van der Waals surface area contributed by atoms with Crippen LogP contribution in [-0.4, -0.2) is 58.1 Å². The number of rotatable bonds is 12. The molecule has 0 unspecified atom stereocenters. The zero-order valence-electron chi connectivity index (χ0n) is 28.2. The van der Waals surface area contributed by atoms with Crippen LogP contribution in [0.1, 0.15) is 65.0 Å². The van der Waals surface area contributed by atoms with Crippen molar-refractivity contribution in [3.8, 4) is 0 Å². The van der Waals surface area contributed by atoms with Gasteiger partial charge in [0.05, 0.1) is 18.8 Å². The smallest absolute Gasteiger partial charge is 0.392 e. The third-order valence-corrected chi connectivity index (χ3v) is 9.35. The van der Waals surface area contributed by atoms with Gasteiger partial charge in [-0.1, -0.05) is 109 Å². The summed E-state index contributed by atoms with van der Waals surface area (Å²) in [4.78, 5) is 27.6. The third kappa shape index (κ3) is 9.62. The predicted molar refractivity (Wildman–Crippen MR) is 184 cm³/mol. The number of nitrogens with one attached hydrogen (secondary N) is 1. The summed E-state index contributed by atoms with van der Waals surface area (Å²) >= 11 is 0. The topological polar surface area (TPSA) is 91.3 Å². The molecule has 0 spiro atoms. The van der Waals surface area contributed by atoms with Crippen molar-refractivity contribution in [1.82, 2.24) is 15.1 Å². The lowest BCUT2D eigenvalue weighted by Crippen LogP contribution is -2.50. The Morgan fingerprint density at radius 2 is 1.37 bits per heavy atom.